The molecule has 1 fully saturated rings. The summed E-state index contributed by atoms with van der Waals surface area (Å²) in [5.41, 5.74) is 0.714. The second-order valence-electron chi connectivity index (χ2n) is 4.66. The Morgan fingerprint density at radius 3 is 2.75 bits per heavy atom. The van der Waals surface area contributed by atoms with Crippen molar-refractivity contribution in [1.82, 2.24) is 0 Å². The number of para-hydroxylation sites is 1. The van der Waals surface area contributed by atoms with Crippen molar-refractivity contribution in [3.63, 3.8) is 0 Å². The summed E-state index contributed by atoms with van der Waals surface area (Å²) < 4.78 is 11.4. The molecule has 3 nitrogen and oxygen atoms in total. The second kappa shape index (κ2) is 3.75. The van der Waals surface area contributed by atoms with Gasteiger partial charge >= 0.3 is 0 Å². The van der Waals surface area contributed by atoms with Gasteiger partial charge in [-0.25, -0.2) is 0 Å². The van der Waals surface area contributed by atoms with E-state index in [4.69, 9.17) is 9.47 Å². The van der Waals surface area contributed by atoms with Gasteiger partial charge in [-0.3, -0.25) is 0 Å². The van der Waals surface area contributed by atoms with Crippen LogP contribution < -0.4 is 4.74 Å². The highest BCUT2D eigenvalue weighted by Crippen LogP contribution is 2.43. The molecule has 2 aliphatic heterocycles. The number of fused-ring (bicyclic) bond motifs is 1. The molecule has 0 aliphatic carbocycles. The number of rotatable bonds is 0. The van der Waals surface area contributed by atoms with Crippen molar-refractivity contribution in [2.45, 2.75) is 31.0 Å². The molecule has 3 heteroatoms. The van der Waals surface area contributed by atoms with Gasteiger partial charge in [-0.1, -0.05) is 18.2 Å². The first-order chi connectivity index (χ1) is 7.79. The fourth-order valence-electron chi connectivity index (χ4n) is 2.64. The smallest absolute Gasteiger partial charge is 0.125 e. The summed E-state index contributed by atoms with van der Waals surface area (Å²) in [6, 6.07) is 7.76. The van der Waals surface area contributed by atoms with E-state index in [0.29, 0.717) is 6.42 Å². The number of ether oxygens (including phenoxy) is 2. The summed E-state index contributed by atoms with van der Waals surface area (Å²) in [6.07, 6.45) is 2.03. The van der Waals surface area contributed by atoms with E-state index in [1.165, 1.54) is 0 Å². The van der Waals surface area contributed by atoms with Crippen molar-refractivity contribution >= 4 is 0 Å². The molecule has 2 heterocycles. The third-order valence-corrected chi connectivity index (χ3v) is 3.57. The molecule has 0 bridgehead atoms. The highest BCUT2D eigenvalue weighted by molar-refractivity contribution is 5.38. The van der Waals surface area contributed by atoms with E-state index in [1.807, 2.05) is 24.3 Å². The minimum atomic E-state index is -0.400. The number of benzene rings is 1. The zero-order valence-corrected chi connectivity index (χ0v) is 9.19. The van der Waals surface area contributed by atoms with Gasteiger partial charge in [0.25, 0.3) is 0 Å². The quantitative estimate of drug-likeness (QED) is 0.727. The average molecular weight is 220 g/mol. The van der Waals surface area contributed by atoms with Crippen molar-refractivity contribution in [3.8, 4) is 5.75 Å². The summed E-state index contributed by atoms with van der Waals surface area (Å²) in [5, 5.41) is 10.2. The summed E-state index contributed by atoms with van der Waals surface area (Å²) in [7, 11) is 0. The lowest BCUT2D eigenvalue weighted by atomic mass is 9.83. The molecule has 1 unspecified atom stereocenters. The standard InChI is InChI=1S/C13H16O3/c14-11-9-13(5-7-15-8-6-13)16-12-4-2-1-3-10(11)12/h1-4,11,14H,5-9H2. The lowest BCUT2D eigenvalue weighted by Gasteiger charge is -2.43. The molecule has 1 spiro atoms. The third-order valence-electron chi connectivity index (χ3n) is 3.57. The van der Waals surface area contributed by atoms with E-state index in [1.54, 1.807) is 0 Å². The van der Waals surface area contributed by atoms with Crippen LogP contribution in [0.25, 0.3) is 0 Å². The van der Waals surface area contributed by atoms with Crippen LogP contribution in [-0.2, 0) is 4.74 Å². The molecule has 1 N–H and O–H groups in total. The van der Waals surface area contributed by atoms with Gasteiger partial charge in [-0.15, -0.1) is 0 Å². The molecule has 1 atom stereocenters. The molecule has 86 valence electrons. The third kappa shape index (κ3) is 1.60. The predicted molar refractivity (Wildman–Crippen MR) is 59.4 cm³/mol. The monoisotopic (exact) mass is 220 g/mol. The first-order valence-corrected chi connectivity index (χ1v) is 5.83. The van der Waals surface area contributed by atoms with Crippen LogP contribution in [0.15, 0.2) is 24.3 Å². The van der Waals surface area contributed by atoms with Gasteiger partial charge in [0.15, 0.2) is 0 Å². The van der Waals surface area contributed by atoms with Crippen LogP contribution in [0, 0.1) is 0 Å². The molecule has 0 radical (unpaired) electrons. The van der Waals surface area contributed by atoms with Gasteiger partial charge in [0.2, 0.25) is 0 Å². The van der Waals surface area contributed by atoms with Crippen LogP contribution in [0.4, 0.5) is 0 Å². The highest BCUT2D eigenvalue weighted by Gasteiger charge is 2.41. The number of aliphatic hydroxyl groups is 1. The maximum absolute atomic E-state index is 10.2. The molecule has 1 aromatic rings. The highest BCUT2D eigenvalue weighted by atomic mass is 16.5. The zero-order valence-electron chi connectivity index (χ0n) is 9.19. The molecule has 3 rings (SSSR count). The van der Waals surface area contributed by atoms with E-state index < -0.39 is 6.10 Å². The maximum atomic E-state index is 10.2. The Bertz CT molecular complexity index is 383. The summed E-state index contributed by atoms with van der Waals surface area (Å²) in [6.45, 7) is 1.46. The molecule has 0 amide bonds. The van der Waals surface area contributed by atoms with Crippen molar-refractivity contribution in [3.05, 3.63) is 29.8 Å². The van der Waals surface area contributed by atoms with E-state index in [9.17, 15) is 5.11 Å². The molecule has 2 aliphatic rings. The van der Waals surface area contributed by atoms with Crippen LogP contribution in [0.3, 0.4) is 0 Å². The Morgan fingerprint density at radius 2 is 1.94 bits per heavy atom. The van der Waals surface area contributed by atoms with Crippen molar-refractivity contribution in [1.29, 1.82) is 0 Å². The molecular weight excluding hydrogens is 204 g/mol. The van der Waals surface area contributed by atoms with Crippen molar-refractivity contribution < 1.29 is 14.6 Å². The van der Waals surface area contributed by atoms with Crippen LogP contribution in [-0.4, -0.2) is 23.9 Å². The van der Waals surface area contributed by atoms with Crippen molar-refractivity contribution in [2.24, 2.45) is 0 Å². The van der Waals surface area contributed by atoms with Gasteiger partial charge in [-0.05, 0) is 6.07 Å². The fraction of sp³-hybridized carbons (Fsp3) is 0.538. The molecular formula is C13H16O3. The fourth-order valence-corrected chi connectivity index (χ4v) is 2.64. The minimum Gasteiger partial charge on any atom is -0.487 e. The maximum Gasteiger partial charge on any atom is 0.125 e. The SMILES string of the molecule is OC1CC2(CCOCC2)Oc2ccccc21. The lowest BCUT2D eigenvalue weighted by molar-refractivity contribution is -0.0839. The van der Waals surface area contributed by atoms with Crippen LogP contribution in [0.5, 0.6) is 5.75 Å². The lowest BCUT2D eigenvalue weighted by Crippen LogP contribution is -2.45. The van der Waals surface area contributed by atoms with Gasteiger partial charge in [0, 0.05) is 24.8 Å². The van der Waals surface area contributed by atoms with Gasteiger partial charge < -0.3 is 14.6 Å². The number of hydrogen-bond acceptors (Lipinski definition) is 3. The minimum absolute atomic E-state index is 0.202. The molecule has 1 saturated heterocycles. The average Bonchev–Trinajstić information content (AvgIpc) is 2.30. The Balaban J connectivity index is 1.93. The zero-order chi connectivity index (χ0) is 11.0. The van der Waals surface area contributed by atoms with Gasteiger partial charge in [-0.2, -0.15) is 0 Å². The van der Waals surface area contributed by atoms with Crippen LogP contribution in [0.2, 0.25) is 0 Å². The molecule has 0 aromatic heterocycles. The first-order valence-electron chi connectivity index (χ1n) is 5.83. The normalized spacial score (nSPS) is 27.2. The summed E-state index contributed by atoms with van der Waals surface area (Å²) in [5.74, 6) is 0.836. The van der Waals surface area contributed by atoms with E-state index in [-0.39, 0.29) is 5.60 Å². The Labute approximate surface area is 95.0 Å². The van der Waals surface area contributed by atoms with Crippen molar-refractivity contribution in [2.75, 3.05) is 13.2 Å². The summed E-state index contributed by atoms with van der Waals surface area (Å²) in [4.78, 5) is 0. The Hall–Kier alpha value is -1.06. The van der Waals surface area contributed by atoms with Gasteiger partial charge in [0.1, 0.15) is 11.4 Å². The topological polar surface area (TPSA) is 38.7 Å². The first kappa shape index (κ1) is 10.1. The number of aliphatic hydroxyl groups excluding tert-OH is 1. The van der Waals surface area contributed by atoms with E-state index >= 15 is 0 Å². The molecule has 1 aromatic carbocycles. The molecule has 16 heavy (non-hydrogen) atoms. The Kier molecular flexibility index (Phi) is 2.37. The number of hydrogen-bond donors (Lipinski definition) is 1. The largest absolute Gasteiger partial charge is 0.487 e. The van der Waals surface area contributed by atoms with E-state index in [2.05, 4.69) is 0 Å². The predicted octanol–water partition coefficient (Wildman–Crippen LogP) is 2.05. The second-order valence-corrected chi connectivity index (χ2v) is 4.66. The van der Waals surface area contributed by atoms with E-state index in [0.717, 1.165) is 37.4 Å². The summed E-state index contributed by atoms with van der Waals surface area (Å²) >= 11 is 0. The molecule has 0 saturated carbocycles. The Morgan fingerprint density at radius 1 is 1.19 bits per heavy atom. The van der Waals surface area contributed by atoms with Crippen LogP contribution >= 0.6 is 0 Å². The van der Waals surface area contributed by atoms with Gasteiger partial charge in [0.05, 0.1) is 19.3 Å². The van der Waals surface area contributed by atoms with Crippen LogP contribution in [0.1, 0.15) is 30.9 Å².